The molecule has 2 unspecified atom stereocenters. The van der Waals surface area contributed by atoms with E-state index in [0.29, 0.717) is 28.8 Å². The Morgan fingerprint density at radius 2 is 2.43 bits per heavy atom. The van der Waals surface area contributed by atoms with Crippen LogP contribution in [0.1, 0.15) is 0 Å². The Labute approximate surface area is 140 Å². The number of nitrogens with two attached hydrogens (primary N) is 1. The average Bonchev–Trinajstić information content (AvgIpc) is 2.99. The summed E-state index contributed by atoms with van der Waals surface area (Å²) in [5.41, 5.74) is 6.46. The quantitative estimate of drug-likeness (QED) is 0.422. The van der Waals surface area contributed by atoms with Crippen molar-refractivity contribution in [3.8, 4) is 0 Å². The maximum atomic E-state index is 11.9. The highest BCUT2D eigenvalue weighted by molar-refractivity contribution is 8.01. The Hall–Kier alpha value is -1.78. The molecule has 0 radical (unpaired) electrons. The van der Waals surface area contributed by atoms with Gasteiger partial charge >= 0.3 is 5.97 Å². The molecule has 1 fully saturated rings. The normalized spacial score (nSPS) is 23.5. The fraction of sp³-hybridized carbons (Fsp3) is 0.385. The minimum Gasteiger partial charge on any atom is -0.477 e. The zero-order chi connectivity index (χ0) is 16.6. The fourth-order valence-corrected chi connectivity index (χ4v) is 4.66. The molecule has 1 aromatic rings. The van der Waals surface area contributed by atoms with Crippen LogP contribution in [0.25, 0.3) is 0 Å². The molecule has 0 aliphatic carbocycles. The molecule has 3 rings (SSSR count). The Bertz CT molecular complexity index is 702. The lowest BCUT2D eigenvalue weighted by Crippen LogP contribution is -2.68. The van der Waals surface area contributed by atoms with Crippen LogP contribution < -0.4 is 5.73 Å². The molecule has 0 spiro atoms. The number of nitrogens with zero attached hydrogens (tertiary/aromatic N) is 4. The predicted molar refractivity (Wildman–Crippen MR) is 86.7 cm³/mol. The van der Waals surface area contributed by atoms with E-state index >= 15 is 0 Å². The number of allylic oxidation sites excluding steroid dienone is 1. The van der Waals surface area contributed by atoms with Gasteiger partial charge in [-0.3, -0.25) is 9.69 Å². The topological polar surface area (TPSA) is 114 Å². The van der Waals surface area contributed by atoms with E-state index in [1.807, 2.05) is 0 Å². The lowest BCUT2D eigenvalue weighted by molar-refractivity contribution is -0.147. The predicted octanol–water partition coefficient (Wildman–Crippen LogP) is 0.137. The zero-order valence-electron chi connectivity index (χ0n) is 12.1. The number of carbonyl (C=O) groups excluding carboxylic acids is 1. The van der Waals surface area contributed by atoms with Crippen molar-refractivity contribution in [3.05, 3.63) is 30.3 Å². The third-order valence-electron chi connectivity index (χ3n) is 3.50. The summed E-state index contributed by atoms with van der Waals surface area (Å²) in [6, 6.07) is -0.611. The number of carbonyl (C=O) groups is 2. The van der Waals surface area contributed by atoms with E-state index in [1.54, 1.807) is 17.1 Å². The van der Waals surface area contributed by atoms with Gasteiger partial charge in [-0.15, -0.1) is 23.4 Å². The molecule has 23 heavy (non-hydrogen) atoms. The number of fused-ring (bicyclic) bond motifs is 1. The van der Waals surface area contributed by atoms with Crippen LogP contribution in [0.15, 0.2) is 35.4 Å². The first-order chi connectivity index (χ1) is 11.0. The van der Waals surface area contributed by atoms with Crippen LogP contribution in [0.4, 0.5) is 0 Å². The largest absolute Gasteiger partial charge is 0.477 e. The minimum atomic E-state index is -1.10. The number of hydrogen-bond acceptors (Lipinski definition) is 7. The molecule has 122 valence electrons. The zero-order valence-corrected chi connectivity index (χ0v) is 13.7. The van der Waals surface area contributed by atoms with E-state index in [0.717, 1.165) is 0 Å². The van der Waals surface area contributed by atoms with Crippen molar-refractivity contribution in [3.63, 3.8) is 0 Å². The smallest absolute Gasteiger partial charge is 0.352 e. The second-order valence-electron chi connectivity index (χ2n) is 5.02. The number of aromatic nitrogens is 3. The Kier molecular flexibility index (Phi) is 4.46. The van der Waals surface area contributed by atoms with E-state index in [2.05, 4.69) is 16.7 Å². The van der Waals surface area contributed by atoms with Gasteiger partial charge in [-0.2, -0.15) is 0 Å². The third kappa shape index (κ3) is 2.89. The molecule has 0 aromatic carbocycles. The summed E-state index contributed by atoms with van der Waals surface area (Å²) in [4.78, 5) is 28.8. The van der Waals surface area contributed by atoms with Gasteiger partial charge in [0, 0.05) is 11.5 Å². The second kappa shape index (κ2) is 6.38. The highest BCUT2D eigenvalue weighted by Crippen LogP contribution is 2.40. The lowest BCUT2D eigenvalue weighted by Gasteiger charge is -2.48. The maximum absolute atomic E-state index is 11.9. The highest BCUT2D eigenvalue weighted by Gasteiger charge is 2.51. The van der Waals surface area contributed by atoms with Crippen molar-refractivity contribution >= 4 is 35.4 Å². The number of aliphatic carboxylic acids is 1. The number of thioether (sulfide) groups is 2. The molecule has 0 bridgehead atoms. The second-order valence-corrected chi connectivity index (χ2v) is 7.07. The van der Waals surface area contributed by atoms with Gasteiger partial charge in [-0.05, 0) is 5.57 Å². The van der Waals surface area contributed by atoms with Crippen LogP contribution >= 0.6 is 23.5 Å². The number of β-lactam (4-membered cyclic amide) rings is 1. The van der Waals surface area contributed by atoms with E-state index in [9.17, 15) is 14.7 Å². The molecule has 2 aliphatic rings. The summed E-state index contributed by atoms with van der Waals surface area (Å²) in [7, 11) is 0. The van der Waals surface area contributed by atoms with Crippen LogP contribution in [0.2, 0.25) is 0 Å². The summed E-state index contributed by atoms with van der Waals surface area (Å²) in [5, 5.41) is 14.0. The van der Waals surface area contributed by atoms with E-state index in [-0.39, 0.29) is 17.0 Å². The van der Waals surface area contributed by atoms with Crippen molar-refractivity contribution in [1.29, 1.82) is 0 Å². The van der Waals surface area contributed by atoms with E-state index in [4.69, 9.17) is 5.73 Å². The first kappa shape index (κ1) is 16.1. The van der Waals surface area contributed by atoms with Gasteiger partial charge in [0.05, 0.1) is 6.54 Å². The summed E-state index contributed by atoms with van der Waals surface area (Å²) < 4.78 is 1.64. The SMILES string of the molecule is C=CCn1cnc(SCC2=C(C(=O)O)N3C(=O)C(N)C3SC2)n1. The van der Waals surface area contributed by atoms with Gasteiger partial charge in [-0.1, -0.05) is 17.8 Å². The number of amides is 1. The first-order valence-electron chi connectivity index (χ1n) is 6.81. The Morgan fingerprint density at radius 1 is 1.65 bits per heavy atom. The third-order valence-corrected chi connectivity index (χ3v) is 5.80. The van der Waals surface area contributed by atoms with Crippen LogP contribution in [0, 0.1) is 0 Å². The summed E-state index contributed by atoms with van der Waals surface area (Å²) in [5.74, 6) is -0.491. The molecule has 1 saturated heterocycles. The molecule has 1 aromatic heterocycles. The maximum Gasteiger partial charge on any atom is 0.352 e. The van der Waals surface area contributed by atoms with Gasteiger partial charge in [0.15, 0.2) is 0 Å². The van der Waals surface area contributed by atoms with Crippen molar-refractivity contribution in [2.24, 2.45) is 5.73 Å². The van der Waals surface area contributed by atoms with Crippen LogP contribution in [0.5, 0.6) is 0 Å². The van der Waals surface area contributed by atoms with E-state index < -0.39 is 12.0 Å². The van der Waals surface area contributed by atoms with Crippen LogP contribution in [-0.4, -0.2) is 59.6 Å². The Balaban J connectivity index is 1.75. The number of rotatable bonds is 6. The van der Waals surface area contributed by atoms with Gasteiger partial charge in [0.1, 0.15) is 23.4 Å². The monoisotopic (exact) mass is 353 g/mol. The summed E-state index contributed by atoms with van der Waals surface area (Å²) in [6.07, 6.45) is 3.31. The van der Waals surface area contributed by atoms with Gasteiger partial charge in [0.2, 0.25) is 11.1 Å². The molecule has 2 aliphatic heterocycles. The molecule has 8 nitrogen and oxygen atoms in total. The van der Waals surface area contributed by atoms with Crippen molar-refractivity contribution < 1.29 is 14.7 Å². The molecule has 0 saturated carbocycles. The molecule has 1 amide bonds. The highest BCUT2D eigenvalue weighted by atomic mass is 32.2. The van der Waals surface area contributed by atoms with E-state index in [1.165, 1.54) is 28.4 Å². The Morgan fingerprint density at radius 3 is 3.13 bits per heavy atom. The van der Waals surface area contributed by atoms with Crippen LogP contribution in [-0.2, 0) is 16.1 Å². The van der Waals surface area contributed by atoms with Crippen LogP contribution in [0.3, 0.4) is 0 Å². The molecule has 3 N–H and O–H groups in total. The molecular weight excluding hydrogens is 338 g/mol. The van der Waals surface area contributed by atoms with Crippen molar-refractivity contribution in [1.82, 2.24) is 19.7 Å². The average molecular weight is 353 g/mol. The molecule has 3 heterocycles. The molecular formula is C13H15N5O3S2. The molecule has 10 heteroatoms. The number of carboxylic acids is 1. The number of hydrogen-bond donors (Lipinski definition) is 2. The van der Waals surface area contributed by atoms with Crippen molar-refractivity contribution in [2.45, 2.75) is 23.1 Å². The summed E-state index contributed by atoms with van der Waals surface area (Å²) >= 11 is 2.83. The molecule has 2 atom stereocenters. The first-order valence-corrected chi connectivity index (χ1v) is 8.85. The van der Waals surface area contributed by atoms with Gasteiger partial charge in [-0.25, -0.2) is 14.5 Å². The number of carboxylic acid groups (broad SMARTS) is 1. The van der Waals surface area contributed by atoms with Gasteiger partial charge < -0.3 is 10.8 Å². The fourth-order valence-electron chi connectivity index (χ4n) is 2.41. The van der Waals surface area contributed by atoms with Gasteiger partial charge in [0.25, 0.3) is 0 Å². The summed E-state index contributed by atoms with van der Waals surface area (Å²) in [6.45, 7) is 4.19. The standard InChI is InChI=1S/C13H15N5O3S2/c1-2-3-17-6-15-13(16-17)23-5-7-4-22-11-8(14)10(19)18(11)9(7)12(20)21/h2,6,8,11H,1,3-5,14H2,(H,20,21). The van der Waals surface area contributed by atoms with Crippen molar-refractivity contribution in [2.75, 3.05) is 11.5 Å². The minimum absolute atomic E-state index is 0.0541. The lowest BCUT2D eigenvalue weighted by atomic mass is 10.0.